The summed E-state index contributed by atoms with van der Waals surface area (Å²) in [5, 5.41) is 29.6. The maximum absolute atomic E-state index is 13.7. The molecule has 8 atom stereocenters. The zero-order chi connectivity index (χ0) is 39.2. The number of nitrogens with one attached hydrogen (secondary N) is 2. The molecule has 10 nitrogen and oxygen atoms in total. The molecular formula is C45H60N4O6. The van der Waals surface area contributed by atoms with Crippen LogP contribution in [-0.2, 0) is 28.9 Å². The van der Waals surface area contributed by atoms with E-state index in [1.54, 1.807) is 19.1 Å². The van der Waals surface area contributed by atoms with Crippen LogP contribution in [0.5, 0.6) is 5.75 Å². The Bertz CT molecular complexity index is 1850. The van der Waals surface area contributed by atoms with Gasteiger partial charge in [-0.25, -0.2) is 0 Å². The van der Waals surface area contributed by atoms with Gasteiger partial charge in [0, 0.05) is 61.9 Å². The first-order valence-electron chi connectivity index (χ1n) is 20.2. The molecule has 2 amide bonds. The summed E-state index contributed by atoms with van der Waals surface area (Å²) < 4.78 is 6.09. The Balaban J connectivity index is 1.08. The van der Waals surface area contributed by atoms with Crippen LogP contribution in [0.1, 0.15) is 74.0 Å². The SMILES string of the molecule is COc1c(CCN2O[C@@H](CO)[C@@H]([C@H](C)O)[C@H]2CC(=O)N[C@H]2CC3C[C@@H]([C@@H]2C)C3(C)C)cccc1-c1cc(C(=O)NC2Cc3ccccc3C2)cc(N(C)C)c1. The number of hydroxylamine groups is 2. The number of benzene rings is 3. The van der Waals surface area contributed by atoms with Crippen LogP contribution >= 0.6 is 0 Å². The summed E-state index contributed by atoms with van der Waals surface area (Å²) in [6.45, 7) is 8.85. The van der Waals surface area contributed by atoms with Gasteiger partial charge in [0.15, 0.2) is 0 Å². The second kappa shape index (κ2) is 15.9. The molecule has 1 aliphatic heterocycles. The van der Waals surface area contributed by atoms with Crippen molar-refractivity contribution in [3.8, 4) is 16.9 Å². The molecule has 1 saturated heterocycles. The van der Waals surface area contributed by atoms with Crippen LogP contribution in [0.15, 0.2) is 60.7 Å². The van der Waals surface area contributed by atoms with Crippen LogP contribution in [0, 0.1) is 29.1 Å². The highest BCUT2D eigenvalue weighted by atomic mass is 16.7. The number of anilines is 1. The molecule has 3 aromatic carbocycles. The quantitative estimate of drug-likeness (QED) is 0.183. The van der Waals surface area contributed by atoms with E-state index in [4.69, 9.17) is 9.57 Å². The summed E-state index contributed by atoms with van der Waals surface area (Å²) in [5.41, 5.74) is 7.05. The lowest BCUT2D eigenvalue weighted by atomic mass is 9.45. The van der Waals surface area contributed by atoms with E-state index in [0.29, 0.717) is 47.4 Å². The average Bonchev–Trinajstić information content (AvgIpc) is 3.74. The van der Waals surface area contributed by atoms with Crippen LogP contribution in [-0.4, -0.2) is 91.8 Å². The number of nitrogens with zero attached hydrogens (tertiary/aromatic N) is 2. The van der Waals surface area contributed by atoms with Gasteiger partial charge >= 0.3 is 0 Å². The molecule has 3 aromatic rings. The lowest BCUT2D eigenvalue weighted by Crippen LogP contribution is -2.61. The van der Waals surface area contributed by atoms with E-state index >= 15 is 0 Å². The van der Waals surface area contributed by atoms with E-state index in [9.17, 15) is 19.8 Å². The molecule has 55 heavy (non-hydrogen) atoms. The van der Waals surface area contributed by atoms with Gasteiger partial charge in [0.05, 0.1) is 25.9 Å². The minimum Gasteiger partial charge on any atom is -0.496 e. The Morgan fingerprint density at radius 1 is 1.04 bits per heavy atom. The van der Waals surface area contributed by atoms with Gasteiger partial charge < -0.3 is 30.5 Å². The maximum Gasteiger partial charge on any atom is 0.251 e. The first-order valence-corrected chi connectivity index (χ1v) is 20.2. The fraction of sp³-hybridized carbons (Fsp3) is 0.556. The number of aliphatic hydroxyl groups excluding tert-OH is 2. The van der Waals surface area contributed by atoms with Crippen molar-refractivity contribution >= 4 is 17.5 Å². The Labute approximate surface area is 326 Å². The van der Waals surface area contributed by atoms with E-state index in [1.807, 2.05) is 61.5 Å². The highest BCUT2D eigenvalue weighted by Gasteiger charge is 2.56. The second-order valence-electron chi connectivity index (χ2n) is 17.4. The third kappa shape index (κ3) is 7.75. The van der Waals surface area contributed by atoms with E-state index in [1.165, 1.54) is 17.5 Å². The number of carbonyl (C=O) groups is 2. The third-order valence-electron chi connectivity index (χ3n) is 13.6. The summed E-state index contributed by atoms with van der Waals surface area (Å²) in [6.07, 6.45) is 3.17. The number of amides is 2. The van der Waals surface area contributed by atoms with Gasteiger partial charge in [-0.15, -0.1) is 0 Å². The van der Waals surface area contributed by atoms with Gasteiger partial charge in [0.2, 0.25) is 5.91 Å². The van der Waals surface area contributed by atoms with Crippen molar-refractivity contribution < 1.29 is 29.4 Å². The van der Waals surface area contributed by atoms with Gasteiger partial charge in [0.1, 0.15) is 11.9 Å². The maximum atomic E-state index is 13.7. The number of aliphatic hydroxyl groups is 2. The van der Waals surface area contributed by atoms with Crippen molar-refractivity contribution in [1.82, 2.24) is 15.7 Å². The fourth-order valence-electron chi connectivity index (χ4n) is 10.4. The largest absolute Gasteiger partial charge is 0.496 e. The Morgan fingerprint density at radius 3 is 2.38 bits per heavy atom. The smallest absolute Gasteiger partial charge is 0.251 e. The first kappa shape index (κ1) is 39.3. The van der Waals surface area contributed by atoms with Gasteiger partial charge in [0.25, 0.3) is 5.91 Å². The number of para-hydroxylation sites is 1. The van der Waals surface area contributed by atoms with Crippen molar-refractivity contribution in [2.75, 3.05) is 39.3 Å². The number of carbonyl (C=O) groups excluding carboxylic acids is 2. The molecule has 0 radical (unpaired) electrons. The number of ether oxygens (including phenoxy) is 1. The van der Waals surface area contributed by atoms with E-state index in [2.05, 4.69) is 49.6 Å². The molecular weight excluding hydrogens is 693 g/mol. The third-order valence-corrected chi connectivity index (χ3v) is 13.6. The zero-order valence-corrected chi connectivity index (χ0v) is 33.5. The summed E-state index contributed by atoms with van der Waals surface area (Å²) in [6, 6.07) is 20.1. The van der Waals surface area contributed by atoms with E-state index < -0.39 is 24.2 Å². The molecule has 1 heterocycles. The van der Waals surface area contributed by atoms with E-state index in [0.717, 1.165) is 41.6 Å². The summed E-state index contributed by atoms with van der Waals surface area (Å²) in [5.74, 6) is 1.76. The van der Waals surface area contributed by atoms with Gasteiger partial charge in [-0.05, 0) is 103 Å². The molecule has 296 valence electrons. The van der Waals surface area contributed by atoms with Gasteiger partial charge in [-0.2, -0.15) is 5.06 Å². The van der Waals surface area contributed by atoms with Crippen LogP contribution in [0.2, 0.25) is 0 Å². The van der Waals surface area contributed by atoms with Crippen molar-refractivity contribution in [2.24, 2.45) is 29.1 Å². The Kier molecular flexibility index (Phi) is 11.3. The molecule has 2 bridgehead atoms. The molecule has 3 saturated carbocycles. The number of methoxy groups -OCH3 is 1. The molecule has 4 N–H and O–H groups in total. The minimum absolute atomic E-state index is 0.0449. The van der Waals surface area contributed by atoms with E-state index in [-0.39, 0.29) is 36.9 Å². The van der Waals surface area contributed by atoms with Crippen LogP contribution < -0.4 is 20.3 Å². The number of rotatable bonds is 13. The highest BCUT2D eigenvalue weighted by molar-refractivity contribution is 5.97. The topological polar surface area (TPSA) is 124 Å². The van der Waals surface area contributed by atoms with Crippen LogP contribution in [0.4, 0.5) is 5.69 Å². The lowest BCUT2D eigenvalue weighted by molar-refractivity contribution is -0.173. The Morgan fingerprint density at radius 2 is 1.76 bits per heavy atom. The van der Waals surface area contributed by atoms with Crippen molar-refractivity contribution in [2.45, 2.75) is 96.6 Å². The normalized spacial score (nSPS) is 27.5. The number of fused-ring (bicyclic) bond motifs is 3. The Hall–Kier alpha value is -3.96. The predicted molar refractivity (Wildman–Crippen MR) is 215 cm³/mol. The molecule has 1 unspecified atom stereocenters. The summed E-state index contributed by atoms with van der Waals surface area (Å²) >= 11 is 0. The molecule has 4 aliphatic carbocycles. The van der Waals surface area contributed by atoms with Crippen LogP contribution in [0.25, 0.3) is 11.1 Å². The molecule has 8 rings (SSSR count). The van der Waals surface area contributed by atoms with Crippen molar-refractivity contribution in [3.63, 3.8) is 0 Å². The molecule has 0 aromatic heterocycles. The molecule has 10 heteroatoms. The minimum atomic E-state index is -0.778. The number of hydrogen-bond acceptors (Lipinski definition) is 8. The zero-order valence-electron chi connectivity index (χ0n) is 33.5. The van der Waals surface area contributed by atoms with Crippen LogP contribution in [0.3, 0.4) is 0 Å². The van der Waals surface area contributed by atoms with Gasteiger partial charge in [-0.3, -0.25) is 14.4 Å². The highest BCUT2D eigenvalue weighted by Crippen LogP contribution is 2.61. The summed E-state index contributed by atoms with van der Waals surface area (Å²) in [4.78, 5) is 35.7. The van der Waals surface area contributed by atoms with Gasteiger partial charge in [-0.1, -0.05) is 63.2 Å². The molecule has 5 aliphatic rings. The first-order chi connectivity index (χ1) is 26.3. The molecule has 4 fully saturated rings. The fourth-order valence-corrected chi connectivity index (χ4v) is 10.4. The predicted octanol–water partition coefficient (Wildman–Crippen LogP) is 5.42. The lowest BCUT2D eigenvalue weighted by Gasteiger charge is -2.62. The number of hydrogen-bond donors (Lipinski definition) is 4. The second-order valence-corrected chi connectivity index (χ2v) is 17.4. The summed E-state index contributed by atoms with van der Waals surface area (Å²) in [7, 11) is 5.59. The molecule has 0 spiro atoms. The standard InChI is InChI=1S/C45H60N4O6/c1-26-37-22-33(45(37,3)4)23-38(26)47-41(52)24-39-42(27(2)51)40(25-50)55-49(39)16-15-28-13-10-14-36(43(28)54-7)31-17-32(21-35(20-31)48(5)6)44(53)46-34-18-29-11-8-9-12-30(29)19-34/h8-14,17,20-21,26-27,33-34,37-40,42,50-51H,15-16,18-19,22-25H2,1-7H3,(H,46,53)(H,47,52)/t26-,27-,33?,37-,38-,39+,40-,42-/m0/s1. The van der Waals surface area contributed by atoms with Crippen molar-refractivity contribution in [3.05, 3.63) is 82.9 Å². The monoisotopic (exact) mass is 752 g/mol. The average molecular weight is 753 g/mol. The van der Waals surface area contributed by atoms with Crippen molar-refractivity contribution in [1.29, 1.82) is 0 Å².